The molecule has 1 aliphatic rings. The van der Waals surface area contributed by atoms with Crippen molar-refractivity contribution in [1.29, 1.82) is 0 Å². The molecule has 0 amide bonds. The summed E-state index contributed by atoms with van der Waals surface area (Å²) < 4.78 is 23.1. The summed E-state index contributed by atoms with van der Waals surface area (Å²) in [5.41, 5.74) is 3.38. The molecule has 174 valence electrons. The Labute approximate surface area is 199 Å². The van der Waals surface area contributed by atoms with Gasteiger partial charge in [0, 0.05) is 22.1 Å². The highest BCUT2D eigenvalue weighted by atomic mass is 32.1. The molecule has 0 saturated carbocycles. The van der Waals surface area contributed by atoms with Crippen LogP contribution in [0, 0.1) is 0 Å². The van der Waals surface area contributed by atoms with E-state index >= 15 is 0 Å². The third-order valence-electron chi connectivity index (χ3n) is 5.60. The smallest absolute Gasteiger partial charge is 0.338 e. The Morgan fingerprint density at radius 3 is 2.82 bits per heavy atom. The number of esters is 1. The van der Waals surface area contributed by atoms with Crippen LogP contribution in [0.5, 0.6) is 11.5 Å². The van der Waals surface area contributed by atoms with Crippen molar-refractivity contribution in [3.63, 3.8) is 0 Å². The van der Waals surface area contributed by atoms with Crippen molar-refractivity contribution < 1.29 is 23.7 Å². The van der Waals surface area contributed by atoms with Gasteiger partial charge in [-0.05, 0) is 36.8 Å². The SMILES string of the molecule is CCOC(=O)c1cc2c(c(Cn3cnc4scc(-c5ccc(OC)cc5)c4c3=O)c1)OCOC2. The van der Waals surface area contributed by atoms with E-state index in [4.69, 9.17) is 18.9 Å². The fraction of sp³-hybridized carbons (Fsp3) is 0.240. The lowest BCUT2D eigenvalue weighted by molar-refractivity contribution is -0.0171. The van der Waals surface area contributed by atoms with Gasteiger partial charge < -0.3 is 18.9 Å². The van der Waals surface area contributed by atoms with Crippen LogP contribution < -0.4 is 15.0 Å². The van der Waals surface area contributed by atoms with Gasteiger partial charge in [-0.1, -0.05) is 12.1 Å². The summed E-state index contributed by atoms with van der Waals surface area (Å²) >= 11 is 1.42. The Bertz CT molecular complexity index is 1420. The fourth-order valence-electron chi connectivity index (χ4n) is 4.00. The minimum atomic E-state index is -0.433. The number of nitrogens with zero attached hydrogens (tertiary/aromatic N) is 2. The molecule has 0 radical (unpaired) electrons. The van der Waals surface area contributed by atoms with Crippen LogP contribution in [0.4, 0.5) is 0 Å². The maximum atomic E-state index is 13.5. The molecule has 2 aromatic carbocycles. The molecular weight excluding hydrogens is 456 g/mol. The Morgan fingerprint density at radius 1 is 1.24 bits per heavy atom. The number of thiophene rings is 1. The van der Waals surface area contributed by atoms with E-state index in [1.165, 1.54) is 22.2 Å². The predicted octanol–water partition coefficient (Wildman–Crippen LogP) is 4.23. The van der Waals surface area contributed by atoms with E-state index in [0.717, 1.165) is 22.4 Å². The maximum Gasteiger partial charge on any atom is 0.338 e. The van der Waals surface area contributed by atoms with E-state index in [-0.39, 0.29) is 25.5 Å². The molecule has 34 heavy (non-hydrogen) atoms. The molecule has 0 bridgehead atoms. The summed E-state index contributed by atoms with van der Waals surface area (Å²) in [4.78, 5) is 31.1. The van der Waals surface area contributed by atoms with E-state index in [0.29, 0.717) is 33.7 Å². The maximum absolute atomic E-state index is 13.5. The lowest BCUT2D eigenvalue weighted by Crippen LogP contribution is -2.23. The van der Waals surface area contributed by atoms with Crippen LogP contribution in [0.25, 0.3) is 21.3 Å². The summed E-state index contributed by atoms with van der Waals surface area (Å²) in [6.45, 7) is 2.63. The minimum absolute atomic E-state index is 0.108. The Kier molecular flexibility index (Phi) is 6.04. The summed E-state index contributed by atoms with van der Waals surface area (Å²) in [5.74, 6) is 0.929. The molecule has 4 aromatic rings. The monoisotopic (exact) mass is 478 g/mol. The van der Waals surface area contributed by atoms with E-state index in [1.807, 2.05) is 29.6 Å². The number of hydrogen-bond acceptors (Lipinski definition) is 8. The first-order valence-electron chi connectivity index (χ1n) is 10.7. The van der Waals surface area contributed by atoms with Gasteiger partial charge in [0.05, 0.1) is 44.1 Å². The first kappa shape index (κ1) is 22.1. The molecule has 0 aliphatic carbocycles. The van der Waals surface area contributed by atoms with Crippen molar-refractivity contribution in [3.8, 4) is 22.6 Å². The molecule has 1 aliphatic heterocycles. The quantitative estimate of drug-likeness (QED) is 0.383. The third kappa shape index (κ3) is 4.04. The van der Waals surface area contributed by atoms with Gasteiger partial charge in [-0.25, -0.2) is 9.78 Å². The van der Waals surface area contributed by atoms with Gasteiger partial charge in [0.15, 0.2) is 6.79 Å². The average Bonchev–Trinajstić information content (AvgIpc) is 3.31. The van der Waals surface area contributed by atoms with Crippen molar-refractivity contribution >= 4 is 27.5 Å². The van der Waals surface area contributed by atoms with Crippen molar-refractivity contribution in [3.05, 3.63) is 75.1 Å². The van der Waals surface area contributed by atoms with Crippen LogP contribution in [0.2, 0.25) is 0 Å². The molecular formula is C25H22N2O6S. The van der Waals surface area contributed by atoms with E-state index in [2.05, 4.69) is 4.98 Å². The summed E-state index contributed by atoms with van der Waals surface area (Å²) in [6.07, 6.45) is 1.53. The second-order valence-electron chi connectivity index (χ2n) is 7.69. The van der Waals surface area contributed by atoms with Gasteiger partial charge in [0.25, 0.3) is 5.56 Å². The van der Waals surface area contributed by atoms with Gasteiger partial charge in [-0.3, -0.25) is 9.36 Å². The van der Waals surface area contributed by atoms with Crippen LogP contribution in [-0.2, 0) is 22.6 Å². The van der Waals surface area contributed by atoms with Gasteiger partial charge in [0.2, 0.25) is 0 Å². The van der Waals surface area contributed by atoms with Crippen LogP contribution in [0.3, 0.4) is 0 Å². The number of rotatable bonds is 6. The zero-order valence-corrected chi connectivity index (χ0v) is 19.5. The number of hydrogen-bond donors (Lipinski definition) is 0. The number of aromatic nitrogens is 2. The third-order valence-corrected chi connectivity index (χ3v) is 6.49. The first-order valence-corrected chi connectivity index (χ1v) is 11.6. The van der Waals surface area contributed by atoms with Crippen molar-refractivity contribution in [2.45, 2.75) is 20.1 Å². The van der Waals surface area contributed by atoms with E-state index < -0.39 is 5.97 Å². The molecule has 2 aromatic heterocycles. The number of carbonyl (C=O) groups is 1. The second-order valence-corrected chi connectivity index (χ2v) is 8.55. The van der Waals surface area contributed by atoms with Gasteiger partial charge in [-0.2, -0.15) is 0 Å². The first-order chi connectivity index (χ1) is 16.6. The summed E-state index contributed by atoms with van der Waals surface area (Å²) in [5, 5.41) is 2.49. The molecule has 5 rings (SSSR count). The van der Waals surface area contributed by atoms with E-state index in [1.54, 1.807) is 26.2 Å². The number of methoxy groups -OCH3 is 1. The minimum Gasteiger partial charge on any atom is -0.497 e. The fourth-order valence-corrected chi connectivity index (χ4v) is 4.90. The molecule has 0 atom stereocenters. The second kappa shape index (κ2) is 9.28. The standard InChI is InChI=1S/C25H22N2O6S/c1-3-32-25(29)16-8-17(22-18(9-16)11-31-14-33-22)10-27-13-26-23-21(24(27)28)20(12-34-23)15-4-6-19(30-2)7-5-15/h4-9,12-13H,3,10-11,14H2,1-2H3. The molecule has 3 heterocycles. The molecule has 0 saturated heterocycles. The van der Waals surface area contributed by atoms with Crippen molar-refractivity contribution in [2.24, 2.45) is 0 Å². The highest BCUT2D eigenvalue weighted by Gasteiger charge is 2.21. The highest BCUT2D eigenvalue weighted by molar-refractivity contribution is 7.17. The Morgan fingerprint density at radius 2 is 2.06 bits per heavy atom. The number of benzene rings is 2. The zero-order chi connectivity index (χ0) is 23.7. The van der Waals surface area contributed by atoms with Crippen LogP contribution >= 0.6 is 11.3 Å². The van der Waals surface area contributed by atoms with E-state index in [9.17, 15) is 9.59 Å². The lowest BCUT2D eigenvalue weighted by Gasteiger charge is -2.22. The predicted molar refractivity (Wildman–Crippen MR) is 128 cm³/mol. The van der Waals surface area contributed by atoms with Gasteiger partial charge in [0.1, 0.15) is 16.3 Å². The van der Waals surface area contributed by atoms with Crippen molar-refractivity contribution in [1.82, 2.24) is 9.55 Å². The number of ether oxygens (including phenoxy) is 4. The molecule has 0 unspecified atom stereocenters. The largest absolute Gasteiger partial charge is 0.497 e. The zero-order valence-electron chi connectivity index (χ0n) is 18.7. The molecule has 0 spiro atoms. The topological polar surface area (TPSA) is 88.9 Å². The lowest BCUT2D eigenvalue weighted by atomic mass is 10.0. The van der Waals surface area contributed by atoms with Crippen LogP contribution in [0.15, 0.2) is 52.9 Å². The number of carbonyl (C=O) groups excluding carboxylic acids is 1. The molecule has 8 nitrogen and oxygen atoms in total. The van der Waals surface area contributed by atoms with Crippen LogP contribution in [-0.4, -0.2) is 36.0 Å². The highest BCUT2D eigenvalue weighted by Crippen LogP contribution is 2.33. The van der Waals surface area contributed by atoms with Gasteiger partial charge in [-0.15, -0.1) is 11.3 Å². The Hall–Kier alpha value is -3.69. The molecule has 9 heteroatoms. The molecule has 0 N–H and O–H groups in total. The average molecular weight is 479 g/mol. The summed E-state index contributed by atoms with van der Waals surface area (Å²) in [6, 6.07) is 11.0. The number of fused-ring (bicyclic) bond motifs is 2. The van der Waals surface area contributed by atoms with Crippen molar-refractivity contribution in [2.75, 3.05) is 20.5 Å². The van der Waals surface area contributed by atoms with Crippen LogP contribution in [0.1, 0.15) is 28.4 Å². The summed E-state index contributed by atoms with van der Waals surface area (Å²) in [7, 11) is 1.61. The Balaban J connectivity index is 1.58. The van der Waals surface area contributed by atoms with Gasteiger partial charge >= 0.3 is 5.97 Å². The normalized spacial score (nSPS) is 12.8. The molecule has 0 fully saturated rings.